The largest absolute Gasteiger partial charge is 0.384 e. The molecular weight excluding hydrogens is 276 g/mol. The van der Waals surface area contributed by atoms with Crippen molar-refractivity contribution < 1.29 is 13.2 Å². The lowest BCUT2D eigenvalue weighted by molar-refractivity contribution is 0.117. The predicted molar refractivity (Wildman–Crippen MR) is 79.4 cm³/mol. The summed E-state index contributed by atoms with van der Waals surface area (Å²) in [5.74, 6) is 0. The predicted octanol–water partition coefficient (Wildman–Crippen LogP) is 1.96. The molecule has 20 heavy (non-hydrogen) atoms. The second-order valence-electron chi connectivity index (χ2n) is 5.02. The van der Waals surface area contributed by atoms with Crippen LogP contribution in [0.3, 0.4) is 0 Å². The van der Waals surface area contributed by atoms with Crippen LogP contribution in [0.25, 0.3) is 0 Å². The Morgan fingerprint density at radius 2 is 2.10 bits per heavy atom. The first-order valence-corrected chi connectivity index (χ1v) is 8.49. The summed E-state index contributed by atoms with van der Waals surface area (Å²) in [6, 6.07) is 6.83. The molecule has 1 saturated heterocycles. The summed E-state index contributed by atoms with van der Waals surface area (Å²) in [6.45, 7) is 5.28. The molecule has 2 unspecified atom stereocenters. The molecule has 0 spiro atoms. The number of hydrogen-bond acceptors (Lipinski definition) is 4. The average Bonchev–Trinajstić information content (AvgIpc) is 2.81. The van der Waals surface area contributed by atoms with E-state index in [0.717, 1.165) is 13.0 Å². The van der Waals surface area contributed by atoms with Gasteiger partial charge in [-0.2, -0.15) is 0 Å². The lowest BCUT2D eigenvalue weighted by Gasteiger charge is -2.18. The Balaban J connectivity index is 2.20. The summed E-state index contributed by atoms with van der Waals surface area (Å²) in [4.78, 5) is 0.299. The van der Waals surface area contributed by atoms with Crippen LogP contribution < -0.4 is 10.0 Å². The summed E-state index contributed by atoms with van der Waals surface area (Å²) in [6.07, 6.45) is 1.57. The van der Waals surface area contributed by atoms with Gasteiger partial charge in [-0.15, -0.1) is 0 Å². The molecule has 6 heteroatoms. The first-order chi connectivity index (χ1) is 9.54. The number of benzene rings is 1. The molecule has 2 atom stereocenters. The zero-order valence-corrected chi connectivity index (χ0v) is 12.7. The van der Waals surface area contributed by atoms with Gasteiger partial charge in [-0.1, -0.05) is 19.1 Å². The van der Waals surface area contributed by atoms with Crippen LogP contribution in [0.5, 0.6) is 0 Å². The van der Waals surface area contributed by atoms with Crippen molar-refractivity contribution in [2.45, 2.75) is 43.7 Å². The number of rotatable bonds is 6. The van der Waals surface area contributed by atoms with Gasteiger partial charge in [0.1, 0.15) is 4.90 Å². The fourth-order valence-electron chi connectivity index (χ4n) is 2.26. The molecule has 112 valence electrons. The van der Waals surface area contributed by atoms with Crippen LogP contribution >= 0.6 is 0 Å². The molecule has 5 nitrogen and oxygen atoms in total. The van der Waals surface area contributed by atoms with E-state index >= 15 is 0 Å². The second-order valence-corrected chi connectivity index (χ2v) is 6.70. The van der Waals surface area contributed by atoms with E-state index in [1.807, 2.05) is 19.9 Å². The quantitative estimate of drug-likeness (QED) is 0.842. The molecule has 1 heterocycles. The van der Waals surface area contributed by atoms with Gasteiger partial charge in [0.15, 0.2) is 0 Å². The standard InChI is InChI=1S/C14H22N2O3S/c1-3-9-15-13-6-4-5-7-14(13)20(17,18)16-12-8-10-19-11(12)2/h4-7,11-12,15-16H,3,8-10H2,1-2H3. The van der Waals surface area contributed by atoms with Gasteiger partial charge >= 0.3 is 0 Å². The van der Waals surface area contributed by atoms with Crippen LogP contribution in [0.4, 0.5) is 5.69 Å². The number of para-hydroxylation sites is 1. The normalized spacial score (nSPS) is 22.9. The van der Waals surface area contributed by atoms with Crippen molar-refractivity contribution in [3.63, 3.8) is 0 Å². The van der Waals surface area contributed by atoms with Crippen LogP contribution in [-0.4, -0.2) is 33.7 Å². The second kappa shape index (κ2) is 6.56. The minimum absolute atomic E-state index is 0.0828. The van der Waals surface area contributed by atoms with Crippen LogP contribution in [0, 0.1) is 0 Å². The van der Waals surface area contributed by atoms with Crippen molar-refractivity contribution in [2.75, 3.05) is 18.5 Å². The van der Waals surface area contributed by atoms with Crippen LogP contribution in [0.1, 0.15) is 26.7 Å². The van der Waals surface area contributed by atoms with E-state index in [0.29, 0.717) is 23.6 Å². The monoisotopic (exact) mass is 298 g/mol. The van der Waals surface area contributed by atoms with Gasteiger partial charge in [0.2, 0.25) is 10.0 Å². The molecule has 0 radical (unpaired) electrons. The molecule has 0 aromatic heterocycles. The highest BCUT2D eigenvalue weighted by Gasteiger charge is 2.30. The fourth-order valence-corrected chi connectivity index (χ4v) is 3.78. The molecule has 1 aliphatic rings. The third kappa shape index (κ3) is 3.50. The third-order valence-electron chi connectivity index (χ3n) is 3.42. The first kappa shape index (κ1) is 15.3. The van der Waals surface area contributed by atoms with Crippen LogP contribution in [0.2, 0.25) is 0 Å². The lowest BCUT2D eigenvalue weighted by Crippen LogP contribution is -2.39. The molecule has 2 N–H and O–H groups in total. The maximum absolute atomic E-state index is 12.5. The van der Waals surface area contributed by atoms with E-state index in [4.69, 9.17) is 4.74 Å². The molecule has 0 amide bonds. The molecular formula is C14H22N2O3S. The molecule has 0 saturated carbocycles. The highest BCUT2D eigenvalue weighted by molar-refractivity contribution is 7.89. The topological polar surface area (TPSA) is 67.4 Å². The molecule has 0 bridgehead atoms. The number of sulfonamides is 1. The van der Waals surface area contributed by atoms with Crippen molar-refractivity contribution in [1.82, 2.24) is 4.72 Å². The van der Waals surface area contributed by atoms with Gasteiger partial charge in [0, 0.05) is 13.2 Å². The van der Waals surface area contributed by atoms with E-state index < -0.39 is 10.0 Å². The van der Waals surface area contributed by atoms with Gasteiger partial charge in [-0.05, 0) is 31.9 Å². The average molecular weight is 298 g/mol. The summed E-state index contributed by atoms with van der Waals surface area (Å²) in [5.41, 5.74) is 0.647. The molecule has 1 aromatic carbocycles. The molecule has 1 aromatic rings. The summed E-state index contributed by atoms with van der Waals surface area (Å²) in [7, 11) is -3.53. The van der Waals surface area contributed by atoms with Crippen molar-refractivity contribution in [3.05, 3.63) is 24.3 Å². The summed E-state index contributed by atoms with van der Waals surface area (Å²) < 4.78 is 33.2. The van der Waals surface area contributed by atoms with Gasteiger partial charge in [0.25, 0.3) is 0 Å². The molecule has 0 aliphatic carbocycles. The number of anilines is 1. The SMILES string of the molecule is CCCNc1ccccc1S(=O)(=O)NC1CCOC1C. The van der Waals surface area contributed by atoms with Crippen molar-refractivity contribution in [2.24, 2.45) is 0 Å². The maximum Gasteiger partial charge on any atom is 0.242 e. The van der Waals surface area contributed by atoms with Crippen molar-refractivity contribution in [1.29, 1.82) is 0 Å². The molecule has 2 rings (SSSR count). The Labute approximate surface area is 120 Å². The van der Waals surface area contributed by atoms with Gasteiger partial charge in [0.05, 0.1) is 17.8 Å². The Kier molecular flexibility index (Phi) is 5.01. The van der Waals surface area contributed by atoms with E-state index in [9.17, 15) is 8.42 Å². The Morgan fingerprint density at radius 1 is 1.35 bits per heavy atom. The molecule has 1 aliphatic heterocycles. The van der Waals surface area contributed by atoms with Crippen molar-refractivity contribution >= 4 is 15.7 Å². The Bertz CT molecular complexity index is 545. The Morgan fingerprint density at radius 3 is 2.75 bits per heavy atom. The number of nitrogens with one attached hydrogen (secondary N) is 2. The van der Waals surface area contributed by atoms with E-state index in [-0.39, 0.29) is 12.1 Å². The highest BCUT2D eigenvalue weighted by Crippen LogP contribution is 2.23. The number of hydrogen-bond donors (Lipinski definition) is 2. The first-order valence-electron chi connectivity index (χ1n) is 7.01. The zero-order valence-electron chi connectivity index (χ0n) is 11.9. The fraction of sp³-hybridized carbons (Fsp3) is 0.571. The minimum atomic E-state index is -3.53. The smallest absolute Gasteiger partial charge is 0.242 e. The zero-order chi connectivity index (χ0) is 14.6. The highest BCUT2D eigenvalue weighted by atomic mass is 32.2. The van der Waals surface area contributed by atoms with Crippen LogP contribution in [0.15, 0.2) is 29.2 Å². The van der Waals surface area contributed by atoms with E-state index in [1.54, 1.807) is 18.2 Å². The summed E-state index contributed by atoms with van der Waals surface area (Å²) >= 11 is 0. The van der Waals surface area contributed by atoms with E-state index in [1.165, 1.54) is 0 Å². The van der Waals surface area contributed by atoms with Crippen molar-refractivity contribution in [3.8, 4) is 0 Å². The Hall–Kier alpha value is -1.11. The van der Waals surface area contributed by atoms with Gasteiger partial charge in [-0.25, -0.2) is 13.1 Å². The number of ether oxygens (including phenoxy) is 1. The summed E-state index contributed by atoms with van der Waals surface area (Å²) in [5, 5.41) is 3.15. The molecule has 1 fully saturated rings. The van der Waals surface area contributed by atoms with Crippen LogP contribution in [-0.2, 0) is 14.8 Å². The third-order valence-corrected chi connectivity index (χ3v) is 4.97. The lowest BCUT2D eigenvalue weighted by atomic mass is 10.2. The van der Waals surface area contributed by atoms with Gasteiger partial charge in [-0.3, -0.25) is 0 Å². The van der Waals surface area contributed by atoms with Gasteiger partial charge < -0.3 is 10.1 Å². The maximum atomic E-state index is 12.5. The minimum Gasteiger partial charge on any atom is -0.384 e. The van der Waals surface area contributed by atoms with E-state index in [2.05, 4.69) is 10.0 Å².